The van der Waals surface area contributed by atoms with E-state index in [-0.39, 0.29) is 0 Å². The summed E-state index contributed by atoms with van der Waals surface area (Å²) in [6, 6.07) is 8.34. The van der Waals surface area contributed by atoms with E-state index >= 15 is 0 Å². The van der Waals surface area contributed by atoms with Gasteiger partial charge in [-0.15, -0.1) is 0 Å². The second-order valence-electron chi connectivity index (χ2n) is 6.07. The number of benzene rings is 1. The van der Waals surface area contributed by atoms with Gasteiger partial charge in [0.1, 0.15) is 0 Å². The zero-order valence-corrected chi connectivity index (χ0v) is 11.6. The molecule has 0 saturated heterocycles. The van der Waals surface area contributed by atoms with Crippen molar-refractivity contribution in [2.45, 2.75) is 39.3 Å². The molecule has 1 aliphatic carbocycles. The molecule has 0 aromatic heterocycles. The summed E-state index contributed by atoms with van der Waals surface area (Å²) in [6.45, 7) is 4.91. The smallest absolute Gasteiger partial charge is 0.310 e. The van der Waals surface area contributed by atoms with Crippen LogP contribution in [0, 0.1) is 5.41 Å². The van der Waals surface area contributed by atoms with Crippen molar-refractivity contribution in [1.82, 2.24) is 4.90 Å². The summed E-state index contributed by atoms with van der Waals surface area (Å²) in [5.74, 6) is -0.745. The van der Waals surface area contributed by atoms with E-state index in [1.165, 1.54) is 0 Å². The van der Waals surface area contributed by atoms with Crippen LogP contribution in [0.2, 0.25) is 0 Å². The normalized spacial score (nSPS) is 15.7. The molecule has 1 fully saturated rings. The highest BCUT2D eigenvalue weighted by molar-refractivity contribution is 5.73. The first-order chi connectivity index (χ1) is 8.88. The van der Waals surface area contributed by atoms with Crippen LogP contribution < -0.4 is 5.73 Å². The van der Waals surface area contributed by atoms with Crippen molar-refractivity contribution in [2.75, 3.05) is 12.3 Å². The molecule has 1 saturated carbocycles. The summed E-state index contributed by atoms with van der Waals surface area (Å²) in [6.07, 6.45) is 2.33. The van der Waals surface area contributed by atoms with Crippen LogP contribution in [-0.2, 0) is 11.3 Å². The zero-order chi connectivity index (χ0) is 14.0. The number of rotatable bonds is 6. The van der Waals surface area contributed by atoms with Crippen molar-refractivity contribution in [2.24, 2.45) is 5.41 Å². The lowest BCUT2D eigenvalue weighted by atomic mass is 9.92. The summed E-state index contributed by atoms with van der Waals surface area (Å²) < 4.78 is 0. The number of carbonyl (C=O) groups is 1. The standard InChI is InChI=1S/C15H22N2O2/c1-15(2,14(18)19)10-17(13-6-7-13)9-11-4-3-5-12(16)8-11/h3-5,8,13H,6-7,9-10,16H2,1-2H3,(H,18,19). The van der Waals surface area contributed by atoms with Crippen LogP contribution in [-0.4, -0.2) is 28.6 Å². The van der Waals surface area contributed by atoms with Crippen molar-refractivity contribution in [1.29, 1.82) is 0 Å². The summed E-state index contributed by atoms with van der Waals surface area (Å²) in [4.78, 5) is 13.5. The molecular weight excluding hydrogens is 240 g/mol. The number of nitrogens with zero attached hydrogens (tertiary/aromatic N) is 1. The van der Waals surface area contributed by atoms with Gasteiger partial charge in [0.25, 0.3) is 0 Å². The molecule has 0 bridgehead atoms. The predicted molar refractivity (Wildman–Crippen MR) is 75.7 cm³/mol. The number of nitrogens with two attached hydrogens (primary N) is 1. The number of aliphatic carboxylic acids is 1. The number of nitrogen functional groups attached to an aromatic ring is 1. The van der Waals surface area contributed by atoms with Crippen molar-refractivity contribution in [3.05, 3.63) is 29.8 Å². The van der Waals surface area contributed by atoms with Crippen LogP contribution in [0.25, 0.3) is 0 Å². The summed E-state index contributed by atoms with van der Waals surface area (Å²) >= 11 is 0. The fourth-order valence-corrected chi connectivity index (χ4v) is 2.26. The summed E-state index contributed by atoms with van der Waals surface area (Å²) in [5, 5.41) is 9.26. The van der Waals surface area contributed by atoms with Gasteiger partial charge in [-0.3, -0.25) is 9.69 Å². The molecule has 1 aromatic rings. The third kappa shape index (κ3) is 3.70. The molecule has 3 N–H and O–H groups in total. The van der Waals surface area contributed by atoms with E-state index in [9.17, 15) is 9.90 Å². The number of carboxylic acids is 1. The van der Waals surface area contributed by atoms with Gasteiger partial charge in [0.15, 0.2) is 0 Å². The van der Waals surface area contributed by atoms with Gasteiger partial charge in [-0.25, -0.2) is 0 Å². The largest absolute Gasteiger partial charge is 0.481 e. The topological polar surface area (TPSA) is 66.6 Å². The quantitative estimate of drug-likeness (QED) is 0.772. The van der Waals surface area contributed by atoms with Crippen LogP contribution in [0.4, 0.5) is 5.69 Å². The number of hydrogen-bond donors (Lipinski definition) is 2. The number of anilines is 1. The number of carboxylic acid groups (broad SMARTS) is 1. The Morgan fingerprint density at radius 2 is 2.16 bits per heavy atom. The van der Waals surface area contributed by atoms with Gasteiger partial charge >= 0.3 is 5.97 Å². The highest BCUT2D eigenvalue weighted by Crippen LogP contribution is 2.31. The van der Waals surface area contributed by atoms with Gasteiger partial charge < -0.3 is 10.8 Å². The van der Waals surface area contributed by atoms with Crippen molar-refractivity contribution >= 4 is 11.7 Å². The molecular formula is C15H22N2O2. The SMILES string of the molecule is CC(C)(CN(Cc1cccc(N)c1)C1CC1)C(=O)O. The van der Waals surface area contributed by atoms with Gasteiger partial charge in [0.2, 0.25) is 0 Å². The maximum Gasteiger partial charge on any atom is 0.310 e. The second-order valence-corrected chi connectivity index (χ2v) is 6.07. The van der Waals surface area contributed by atoms with Crippen LogP contribution in [0.3, 0.4) is 0 Å². The molecule has 19 heavy (non-hydrogen) atoms. The Bertz CT molecular complexity index is 467. The van der Waals surface area contributed by atoms with Crippen LogP contribution >= 0.6 is 0 Å². The Hall–Kier alpha value is -1.55. The van der Waals surface area contributed by atoms with Gasteiger partial charge in [-0.1, -0.05) is 12.1 Å². The lowest BCUT2D eigenvalue weighted by Gasteiger charge is -2.30. The highest BCUT2D eigenvalue weighted by Gasteiger charge is 2.36. The first-order valence-corrected chi connectivity index (χ1v) is 6.70. The molecule has 1 aromatic carbocycles. The van der Waals surface area contributed by atoms with E-state index < -0.39 is 11.4 Å². The molecule has 2 rings (SSSR count). The zero-order valence-electron chi connectivity index (χ0n) is 11.6. The van der Waals surface area contributed by atoms with Gasteiger partial charge in [-0.05, 0) is 44.4 Å². The fourth-order valence-electron chi connectivity index (χ4n) is 2.26. The fraction of sp³-hybridized carbons (Fsp3) is 0.533. The van der Waals surface area contributed by atoms with Crippen LogP contribution in [0.5, 0.6) is 0 Å². The average molecular weight is 262 g/mol. The van der Waals surface area contributed by atoms with E-state index in [0.717, 1.165) is 30.6 Å². The number of hydrogen-bond acceptors (Lipinski definition) is 3. The van der Waals surface area contributed by atoms with E-state index in [4.69, 9.17) is 5.73 Å². The van der Waals surface area contributed by atoms with Gasteiger partial charge in [0.05, 0.1) is 5.41 Å². The minimum absolute atomic E-state index is 0.528. The Morgan fingerprint density at radius 1 is 1.47 bits per heavy atom. The van der Waals surface area contributed by atoms with Crippen molar-refractivity contribution < 1.29 is 9.90 Å². The van der Waals surface area contributed by atoms with Crippen LogP contribution in [0.1, 0.15) is 32.3 Å². The molecule has 0 unspecified atom stereocenters. The predicted octanol–water partition coefficient (Wildman–Crippen LogP) is 2.34. The minimum atomic E-state index is -0.745. The van der Waals surface area contributed by atoms with E-state index in [1.807, 2.05) is 24.3 Å². The summed E-state index contributed by atoms with van der Waals surface area (Å²) in [7, 11) is 0. The Balaban J connectivity index is 2.07. The third-order valence-corrected chi connectivity index (χ3v) is 3.58. The summed E-state index contributed by atoms with van der Waals surface area (Å²) in [5.41, 5.74) is 6.97. The van der Waals surface area contributed by atoms with Crippen LogP contribution in [0.15, 0.2) is 24.3 Å². The monoisotopic (exact) mass is 262 g/mol. The molecule has 0 heterocycles. The maximum absolute atomic E-state index is 11.3. The molecule has 0 aliphatic heterocycles. The van der Waals surface area contributed by atoms with Crippen molar-refractivity contribution in [3.63, 3.8) is 0 Å². The average Bonchev–Trinajstić information content (AvgIpc) is 3.11. The maximum atomic E-state index is 11.3. The molecule has 4 nitrogen and oxygen atoms in total. The van der Waals surface area contributed by atoms with E-state index in [0.29, 0.717) is 12.6 Å². The molecule has 0 atom stereocenters. The Labute approximate surface area is 114 Å². The molecule has 1 aliphatic rings. The highest BCUT2D eigenvalue weighted by atomic mass is 16.4. The molecule has 4 heteroatoms. The van der Waals surface area contributed by atoms with Crippen molar-refractivity contribution in [3.8, 4) is 0 Å². The van der Waals surface area contributed by atoms with Gasteiger partial charge in [0, 0.05) is 24.8 Å². The molecule has 104 valence electrons. The second kappa shape index (κ2) is 5.21. The van der Waals surface area contributed by atoms with Gasteiger partial charge in [-0.2, -0.15) is 0 Å². The Kier molecular flexibility index (Phi) is 3.80. The van der Waals surface area contributed by atoms with E-state index in [1.54, 1.807) is 13.8 Å². The lowest BCUT2D eigenvalue weighted by Crippen LogP contribution is -2.40. The molecule has 0 amide bonds. The molecule has 0 radical (unpaired) electrons. The minimum Gasteiger partial charge on any atom is -0.481 e. The first kappa shape index (κ1) is 13.9. The lowest BCUT2D eigenvalue weighted by molar-refractivity contribution is -0.148. The Morgan fingerprint density at radius 3 is 2.68 bits per heavy atom. The third-order valence-electron chi connectivity index (χ3n) is 3.58. The molecule has 0 spiro atoms. The van der Waals surface area contributed by atoms with E-state index in [2.05, 4.69) is 4.90 Å². The first-order valence-electron chi connectivity index (χ1n) is 6.70.